The Morgan fingerprint density at radius 3 is 2.44 bits per heavy atom. The highest BCUT2D eigenvalue weighted by Crippen LogP contribution is 2.52. The Hall–Kier alpha value is -4.26. The van der Waals surface area contributed by atoms with Crippen molar-refractivity contribution >= 4 is 29.3 Å². The molecule has 2 unspecified atom stereocenters. The predicted molar refractivity (Wildman–Crippen MR) is 143 cm³/mol. The highest BCUT2D eigenvalue weighted by atomic mass is 16.6. The molecule has 3 aliphatic rings. The quantitative estimate of drug-likeness (QED) is 0.220. The van der Waals surface area contributed by atoms with Gasteiger partial charge in [-0.2, -0.15) is 0 Å². The molecule has 0 bridgehead atoms. The van der Waals surface area contributed by atoms with Crippen molar-refractivity contribution in [1.82, 2.24) is 0 Å². The molecule has 0 spiro atoms. The number of phenols is 1. The number of carbonyl (C=O) groups is 4. The second-order valence-electron chi connectivity index (χ2n) is 10.6. The molecule has 0 aromatic heterocycles. The minimum absolute atomic E-state index is 0.0679. The first-order valence-electron chi connectivity index (χ1n) is 13.1. The van der Waals surface area contributed by atoms with E-state index >= 15 is 0 Å². The van der Waals surface area contributed by atoms with Crippen molar-refractivity contribution in [3.8, 4) is 16.9 Å². The summed E-state index contributed by atoms with van der Waals surface area (Å²) >= 11 is 0. The van der Waals surface area contributed by atoms with Crippen molar-refractivity contribution in [2.24, 2.45) is 23.5 Å². The zero-order valence-corrected chi connectivity index (χ0v) is 22.1. The maximum Gasteiger partial charge on any atom is 0.411 e. The lowest BCUT2D eigenvalue weighted by atomic mass is 9.57. The third-order valence-corrected chi connectivity index (χ3v) is 8.24. The Balaban J connectivity index is 1.49. The topological polar surface area (TPSA) is 206 Å². The number of rotatable bonds is 6. The number of aliphatic hydroxyl groups is 3. The van der Waals surface area contributed by atoms with Crippen LogP contribution in [0.3, 0.4) is 0 Å². The molecule has 5 atom stereocenters. The van der Waals surface area contributed by atoms with E-state index in [2.05, 4.69) is 5.32 Å². The van der Waals surface area contributed by atoms with E-state index in [4.69, 9.17) is 15.2 Å². The highest BCUT2D eigenvalue weighted by Gasteiger charge is 2.62. The summed E-state index contributed by atoms with van der Waals surface area (Å²) in [6.07, 6.45) is -2.01. The summed E-state index contributed by atoms with van der Waals surface area (Å²) in [6.45, 7) is 0.357. The van der Waals surface area contributed by atoms with E-state index in [1.165, 1.54) is 13.2 Å². The number of methoxy groups -OCH3 is 1. The van der Waals surface area contributed by atoms with Gasteiger partial charge in [-0.05, 0) is 60.1 Å². The van der Waals surface area contributed by atoms with Crippen molar-refractivity contribution in [3.63, 3.8) is 0 Å². The second-order valence-corrected chi connectivity index (χ2v) is 10.6. The number of anilines is 1. The number of primary amides is 1. The van der Waals surface area contributed by atoms with Crippen LogP contribution in [0, 0.1) is 17.8 Å². The maximum absolute atomic E-state index is 13.7. The molecule has 1 fully saturated rings. The van der Waals surface area contributed by atoms with Crippen molar-refractivity contribution < 1.29 is 49.1 Å². The van der Waals surface area contributed by atoms with Crippen LogP contribution in [0.4, 0.5) is 10.5 Å². The van der Waals surface area contributed by atoms with Gasteiger partial charge in [0.1, 0.15) is 24.0 Å². The van der Waals surface area contributed by atoms with Gasteiger partial charge in [-0.15, -0.1) is 0 Å². The molecule has 12 heteroatoms. The fourth-order valence-corrected chi connectivity index (χ4v) is 6.30. The van der Waals surface area contributed by atoms with Gasteiger partial charge in [-0.1, -0.05) is 18.2 Å². The van der Waals surface area contributed by atoms with Crippen LogP contribution in [0.25, 0.3) is 11.1 Å². The van der Waals surface area contributed by atoms with Gasteiger partial charge in [0.05, 0.1) is 18.3 Å². The summed E-state index contributed by atoms with van der Waals surface area (Å²) in [4.78, 5) is 50.7. The van der Waals surface area contributed by atoms with Gasteiger partial charge < -0.3 is 35.6 Å². The lowest BCUT2D eigenvalue weighted by Gasteiger charge is -2.48. The summed E-state index contributed by atoms with van der Waals surface area (Å²) in [5.41, 5.74) is 4.75. The van der Waals surface area contributed by atoms with Gasteiger partial charge in [0, 0.05) is 24.3 Å². The number of amides is 2. The average Bonchev–Trinajstić information content (AvgIpc) is 2.91. The van der Waals surface area contributed by atoms with E-state index < -0.39 is 58.8 Å². The smallest absolute Gasteiger partial charge is 0.411 e. The number of benzene rings is 2. The van der Waals surface area contributed by atoms with Crippen LogP contribution in [0.2, 0.25) is 0 Å². The number of nitrogens with one attached hydrogen (secondary N) is 1. The summed E-state index contributed by atoms with van der Waals surface area (Å²) in [6, 6.07) is 9.75. The number of nitrogens with two attached hydrogens (primary N) is 1. The van der Waals surface area contributed by atoms with E-state index in [-0.39, 0.29) is 49.4 Å². The molecule has 0 saturated heterocycles. The largest absolute Gasteiger partial charge is 0.508 e. The van der Waals surface area contributed by atoms with Crippen LogP contribution in [0.15, 0.2) is 47.7 Å². The van der Waals surface area contributed by atoms with E-state index in [1.807, 2.05) is 0 Å². The number of ketones is 2. The second kappa shape index (κ2) is 10.6. The lowest BCUT2D eigenvalue weighted by Crippen LogP contribution is -2.63. The van der Waals surface area contributed by atoms with Gasteiger partial charge in [-0.3, -0.25) is 19.7 Å². The fourth-order valence-electron chi connectivity index (χ4n) is 6.30. The predicted octanol–water partition coefficient (Wildman–Crippen LogP) is 1.61. The Bertz CT molecular complexity index is 1470. The number of Topliss-reactive ketones (excluding diaryl/α,β-unsaturated/α-hetero) is 2. The number of carbonyl (C=O) groups excluding carboxylic acids is 4. The van der Waals surface area contributed by atoms with Crippen LogP contribution in [0.1, 0.15) is 28.8 Å². The van der Waals surface area contributed by atoms with E-state index in [1.54, 1.807) is 30.3 Å². The average molecular weight is 567 g/mol. The summed E-state index contributed by atoms with van der Waals surface area (Å²) in [5, 5.41) is 46.3. The molecular formula is C29H30N2O10. The summed E-state index contributed by atoms with van der Waals surface area (Å²) < 4.78 is 9.83. The molecule has 0 heterocycles. The fraction of sp³-hybridized carbons (Fsp3) is 0.379. The molecular weight excluding hydrogens is 536 g/mol. The number of hydrogen-bond donors (Lipinski definition) is 6. The van der Waals surface area contributed by atoms with Crippen LogP contribution in [0.5, 0.6) is 5.75 Å². The van der Waals surface area contributed by atoms with Gasteiger partial charge >= 0.3 is 6.09 Å². The van der Waals surface area contributed by atoms with Crippen LogP contribution >= 0.6 is 0 Å². The van der Waals surface area contributed by atoms with Crippen molar-refractivity contribution in [3.05, 3.63) is 58.9 Å². The number of ether oxygens (including phenoxy) is 2. The molecule has 2 aromatic rings. The first-order chi connectivity index (χ1) is 19.5. The van der Waals surface area contributed by atoms with Gasteiger partial charge in [0.25, 0.3) is 0 Å². The Morgan fingerprint density at radius 1 is 1.07 bits per heavy atom. The van der Waals surface area contributed by atoms with Crippen molar-refractivity contribution in [2.45, 2.75) is 31.0 Å². The number of allylic oxidation sites excluding steroid dienone is 1. The van der Waals surface area contributed by atoms with Gasteiger partial charge in [0.2, 0.25) is 5.91 Å². The molecule has 12 nitrogen and oxygen atoms in total. The molecule has 1 saturated carbocycles. The Kier molecular flexibility index (Phi) is 7.32. The molecule has 7 N–H and O–H groups in total. The van der Waals surface area contributed by atoms with Gasteiger partial charge in [0.15, 0.2) is 17.2 Å². The SMILES string of the molecule is COCCOC(=O)Nc1ccc(-c2ccc(O)c3c2C[C@H]2C[C@H]4CC(O)C(C(N)=O)C(=O)[C@@]4(O)C(O)=C2C3=O)cc1. The number of hydrogen-bond acceptors (Lipinski definition) is 10. The van der Waals surface area contributed by atoms with E-state index in [9.17, 15) is 39.6 Å². The normalized spacial score (nSPS) is 27.0. The Morgan fingerprint density at radius 2 is 1.78 bits per heavy atom. The minimum atomic E-state index is -2.56. The number of aliphatic hydroxyl groups excluding tert-OH is 2. The van der Waals surface area contributed by atoms with Crippen LogP contribution < -0.4 is 11.1 Å². The summed E-state index contributed by atoms with van der Waals surface area (Å²) in [5.74, 6) is -7.55. The Labute approximate surface area is 234 Å². The minimum Gasteiger partial charge on any atom is -0.508 e. The van der Waals surface area contributed by atoms with Crippen LogP contribution in [-0.4, -0.2) is 76.0 Å². The van der Waals surface area contributed by atoms with E-state index in [0.29, 0.717) is 22.4 Å². The molecule has 216 valence electrons. The molecule has 3 aliphatic carbocycles. The van der Waals surface area contributed by atoms with Crippen molar-refractivity contribution in [2.75, 3.05) is 25.6 Å². The summed E-state index contributed by atoms with van der Waals surface area (Å²) in [7, 11) is 1.49. The molecule has 41 heavy (non-hydrogen) atoms. The van der Waals surface area contributed by atoms with Gasteiger partial charge in [-0.25, -0.2) is 4.79 Å². The zero-order valence-electron chi connectivity index (χ0n) is 22.1. The molecule has 0 radical (unpaired) electrons. The molecule has 0 aliphatic heterocycles. The third-order valence-electron chi connectivity index (χ3n) is 8.24. The molecule has 5 rings (SSSR count). The highest BCUT2D eigenvalue weighted by molar-refractivity contribution is 6.16. The van der Waals surface area contributed by atoms with E-state index in [0.717, 1.165) is 0 Å². The lowest BCUT2D eigenvalue weighted by molar-refractivity contribution is -0.167. The monoisotopic (exact) mass is 566 g/mol. The maximum atomic E-state index is 13.7. The first-order valence-corrected chi connectivity index (χ1v) is 13.1. The van der Waals surface area contributed by atoms with Crippen LogP contribution in [-0.2, 0) is 25.5 Å². The number of aromatic hydroxyl groups is 1. The molecule has 2 aromatic carbocycles. The molecule has 2 amide bonds. The third kappa shape index (κ3) is 4.63. The number of fused-ring (bicyclic) bond motifs is 3. The standard InChI is InChI=1S/C29H30N2O10/c1-40-8-9-41-28(38)31-16-4-2-13(3-5-16)17-6-7-19(32)22-18(17)11-14-10-15-12-20(33)23(27(30)37)26(36)29(15,39)25(35)21(14)24(22)34/h2-7,14-15,20,23,32-33,35,39H,8-12H2,1H3,(H2,30,37)(H,31,38)/t14-,15+,20?,23?,29+/m1/s1. The van der Waals surface area contributed by atoms with Crippen molar-refractivity contribution in [1.29, 1.82) is 0 Å². The first kappa shape index (κ1) is 28.3. The zero-order chi connectivity index (χ0) is 29.6. The number of phenolic OH excluding ortho intramolecular Hbond substituents is 1.